The van der Waals surface area contributed by atoms with E-state index in [0.717, 1.165) is 93.8 Å². The summed E-state index contributed by atoms with van der Waals surface area (Å²) in [5.74, 6) is 10.0. The Balaban J connectivity index is 0.0000000976. The summed E-state index contributed by atoms with van der Waals surface area (Å²) in [6, 6.07) is 151. The number of thiophene rings is 3. The van der Waals surface area contributed by atoms with E-state index in [-0.39, 0.29) is 22.1 Å². The first kappa shape index (κ1) is 86.5. The second-order valence-electron chi connectivity index (χ2n) is 46.7. The lowest BCUT2D eigenvalue weighted by molar-refractivity contribution is -0.0399. The van der Waals surface area contributed by atoms with Gasteiger partial charge in [0.1, 0.15) is 5.82 Å². The van der Waals surface area contributed by atoms with Gasteiger partial charge in [-0.1, -0.05) is 249 Å². The molecule has 0 aliphatic heterocycles. The van der Waals surface area contributed by atoms with Crippen LogP contribution in [0.1, 0.15) is 135 Å². The Morgan fingerprint density at radius 2 is 0.503 bits per heavy atom. The standard InChI is InChI=1S/C52H40N2S.C48H37NS.C41H34FNS/c1-5-16-46-40(12-1)45-30-38(21-23-47(45)52(46)34-25-32-24-33(27-34)28-35(52)26-32)53(39-20-22-44-43-15-4-8-19-50(43)55-51(44)31-39)36-10-9-11-37(29-36)54-48-17-6-2-13-41(48)42-14-3-7-18-49(42)54;1-2-8-38-31(7-1)13-14-32-26-35(15-18-39(32)38)49(37-16-19-42-41-10-4-6-12-46(41)50-47(42)28-37)36-17-20-45-43(27-36)40-9-3-5-11-44(40)48(45)33-22-29-21-30(24-33)25-34(48)23-29;1-24-16-29(12-15-38(24)42)43(31-10-13-34-33-7-3-5-9-39(33)44-40(34)23-31)30-11-14-37-35(22-30)32-6-2-4-8-36(32)41(37)27-18-25-17-26(20-27)21-28(41)19-25/h1-23,29-35H,24-28H2;1-20,26-30,33-34H,21-25H2;2-16,22-23,25-28H,17-21H2,1H3. The van der Waals surface area contributed by atoms with Crippen LogP contribution in [0.25, 0.3) is 143 Å². The van der Waals surface area contributed by atoms with Gasteiger partial charge in [-0.15, -0.1) is 34.0 Å². The van der Waals surface area contributed by atoms with E-state index >= 15 is 0 Å². The summed E-state index contributed by atoms with van der Waals surface area (Å²) < 4.78 is 24.9. The highest BCUT2D eigenvalue weighted by atomic mass is 32.1. The predicted octanol–water partition coefficient (Wildman–Crippen LogP) is 39.6. The quantitative estimate of drug-likeness (QED) is 0.127. The third kappa shape index (κ3) is 12.6. The molecule has 12 saturated carbocycles. The van der Waals surface area contributed by atoms with Crippen LogP contribution in [0, 0.1) is 83.8 Å². The van der Waals surface area contributed by atoms with E-state index in [1.54, 1.807) is 39.4 Å². The lowest BCUT2D eigenvalue weighted by Crippen LogP contribution is -2.55. The molecule has 0 amide bonds. The molecule has 0 N–H and O–H groups in total. The summed E-state index contributed by atoms with van der Waals surface area (Å²) in [5.41, 5.74) is 33.5. The SMILES string of the molecule is Cc1cc(N(c2ccc3c(c2)-c2ccccc2C32C3CC4CC(C3)CC2C4)c2ccc3c(c2)sc2ccccc23)ccc1F.c1cc(N(c2ccc3c(c2)-c2ccccc2C32C3CC4CC(C3)CC2C4)c2ccc3c(c2)sc2ccccc23)cc(-n2c3ccccc3c3ccccc32)c1.c1ccc2c(c1)-c1cc(N(c3ccc4c(ccc5ccccc54)c3)c3ccc4c(c3)sc3ccccc34)ccc1C21C2CC3CC(C2)CC1C3. The molecular weight excluding hydrogens is 1860 g/mol. The van der Waals surface area contributed by atoms with Crippen LogP contribution in [0.5, 0.6) is 0 Å². The normalized spacial score (nSPS) is 24.5. The zero-order valence-electron chi connectivity index (χ0n) is 83.5. The van der Waals surface area contributed by atoms with E-state index in [2.05, 4.69) is 401 Å². The second-order valence-corrected chi connectivity index (χ2v) is 50.0. The van der Waals surface area contributed by atoms with Crippen molar-refractivity contribution in [3.63, 3.8) is 0 Å². The molecule has 12 bridgehead atoms. The first-order chi connectivity index (χ1) is 73.5. The van der Waals surface area contributed by atoms with Crippen LogP contribution in [0.2, 0.25) is 0 Å². The Morgan fingerprint density at radius 1 is 0.215 bits per heavy atom. The third-order valence-electron chi connectivity index (χ3n) is 39.6. The largest absolute Gasteiger partial charge is 0.310 e. The summed E-state index contributed by atoms with van der Waals surface area (Å²) in [4.78, 5) is 7.37. The molecule has 15 aliphatic carbocycles. The van der Waals surface area contributed by atoms with Crippen molar-refractivity contribution in [3.8, 4) is 39.1 Å². The molecule has 4 heterocycles. The predicted molar refractivity (Wildman–Crippen MR) is 626 cm³/mol. The van der Waals surface area contributed by atoms with Crippen LogP contribution in [-0.4, -0.2) is 4.57 Å². The molecule has 720 valence electrons. The summed E-state index contributed by atoms with van der Waals surface area (Å²) >= 11 is 5.64. The minimum Gasteiger partial charge on any atom is -0.310 e. The third-order valence-corrected chi connectivity index (χ3v) is 43.0. The zero-order chi connectivity index (χ0) is 97.5. The molecule has 3 spiro atoms. The number of para-hydroxylation sites is 2. The van der Waals surface area contributed by atoms with Crippen molar-refractivity contribution in [1.29, 1.82) is 0 Å². The number of nitrogens with zero attached hydrogens (tertiary/aromatic N) is 4. The summed E-state index contributed by atoms with van der Waals surface area (Å²) in [7, 11) is 0. The number of benzene rings is 19. The van der Waals surface area contributed by atoms with Crippen LogP contribution in [0.3, 0.4) is 0 Å². The van der Waals surface area contributed by atoms with Gasteiger partial charge < -0.3 is 19.3 Å². The van der Waals surface area contributed by atoms with Crippen LogP contribution in [-0.2, 0) is 16.2 Å². The number of aromatic nitrogens is 1. The second kappa shape index (κ2) is 32.7. The van der Waals surface area contributed by atoms with Crippen LogP contribution in [0.4, 0.5) is 55.6 Å². The molecule has 0 atom stereocenters. The van der Waals surface area contributed by atoms with Crippen molar-refractivity contribution in [1.82, 2.24) is 4.57 Å². The molecule has 23 aromatic rings. The molecular formula is C141H111FN4S3. The van der Waals surface area contributed by atoms with Gasteiger partial charge in [0.05, 0.1) is 11.0 Å². The fraction of sp³-hybridized carbons (Fsp3) is 0.220. The van der Waals surface area contributed by atoms with E-state index in [9.17, 15) is 4.39 Å². The van der Waals surface area contributed by atoms with Crippen LogP contribution < -0.4 is 14.7 Å². The topological polar surface area (TPSA) is 14.7 Å². The van der Waals surface area contributed by atoms with Crippen molar-refractivity contribution >= 4 is 189 Å². The summed E-state index contributed by atoms with van der Waals surface area (Å²) in [5, 5.41) is 15.7. The van der Waals surface area contributed by atoms with E-state index in [1.807, 2.05) is 53.1 Å². The van der Waals surface area contributed by atoms with Gasteiger partial charge in [-0.25, -0.2) is 4.39 Å². The molecule has 38 rings (SSSR count). The average Bonchev–Trinajstić information content (AvgIpc) is 1.49. The molecule has 4 nitrogen and oxygen atoms in total. The lowest BCUT2D eigenvalue weighted by atomic mass is 9.43. The monoisotopic (exact) mass is 1970 g/mol. The van der Waals surface area contributed by atoms with Gasteiger partial charge in [0, 0.05) is 144 Å². The van der Waals surface area contributed by atoms with Crippen molar-refractivity contribution in [2.45, 2.75) is 119 Å². The van der Waals surface area contributed by atoms with Gasteiger partial charge >= 0.3 is 0 Å². The maximum absolute atomic E-state index is 14.6. The molecule has 8 heteroatoms. The Hall–Kier alpha value is -14.5. The van der Waals surface area contributed by atoms with E-state index in [0.29, 0.717) is 5.56 Å². The molecule has 149 heavy (non-hydrogen) atoms. The Labute approximate surface area is 880 Å². The van der Waals surface area contributed by atoms with Crippen molar-refractivity contribution in [2.24, 2.45) is 71.0 Å². The molecule has 0 saturated heterocycles. The maximum Gasteiger partial charge on any atom is 0.126 e. The number of hydrogen-bond acceptors (Lipinski definition) is 6. The minimum atomic E-state index is -0.166. The first-order valence-corrected chi connectivity index (χ1v) is 57.6. The maximum atomic E-state index is 14.6. The van der Waals surface area contributed by atoms with E-state index in [4.69, 9.17) is 0 Å². The highest BCUT2D eigenvalue weighted by Gasteiger charge is 2.65. The van der Waals surface area contributed by atoms with Crippen molar-refractivity contribution < 1.29 is 4.39 Å². The minimum absolute atomic E-state index is 0.158. The number of fused-ring (bicyclic) bond motifs is 24. The molecule has 12 fully saturated rings. The molecule has 19 aromatic carbocycles. The Kier molecular flexibility index (Phi) is 19.0. The van der Waals surface area contributed by atoms with Gasteiger partial charge in [0.15, 0.2) is 0 Å². The Bertz CT molecular complexity index is 9450. The first-order valence-electron chi connectivity index (χ1n) is 55.2. The zero-order valence-corrected chi connectivity index (χ0v) is 86.0. The number of hydrogen-bond donors (Lipinski definition) is 0. The Morgan fingerprint density at radius 3 is 0.906 bits per heavy atom. The van der Waals surface area contributed by atoms with Crippen molar-refractivity contribution in [3.05, 3.63) is 445 Å². The average molecular weight is 1980 g/mol. The number of aryl methyl sites for hydroxylation is 1. The van der Waals surface area contributed by atoms with Gasteiger partial charge in [0.25, 0.3) is 0 Å². The molecule has 4 aromatic heterocycles. The smallest absolute Gasteiger partial charge is 0.126 e. The van der Waals surface area contributed by atoms with Gasteiger partial charge in [-0.2, -0.15) is 0 Å². The molecule has 15 aliphatic rings. The van der Waals surface area contributed by atoms with Crippen LogP contribution >= 0.6 is 34.0 Å². The fourth-order valence-corrected chi connectivity index (χ4v) is 38.1. The molecule has 0 unspecified atom stereocenters. The van der Waals surface area contributed by atoms with Crippen LogP contribution in [0.15, 0.2) is 400 Å². The van der Waals surface area contributed by atoms with E-state index in [1.165, 1.54) is 268 Å². The van der Waals surface area contributed by atoms with Gasteiger partial charge in [-0.05, 0) is 420 Å². The number of rotatable bonds is 10. The van der Waals surface area contributed by atoms with Gasteiger partial charge in [-0.3, -0.25) is 0 Å². The highest BCUT2D eigenvalue weighted by Crippen LogP contribution is 2.74. The number of anilines is 9. The summed E-state index contributed by atoms with van der Waals surface area (Å²) in [6.07, 6.45) is 21.2. The lowest BCUT2D eigenvalue weighted by Gasteiger charge is -2.61. The highest BCUT2D eigenvalue weighted by molar-refractivity contribution is 7.26. The summed E-state index contributed by atoms with van der Waals surface area (Å²) in [6.45, 7) is 1.86. The van der Waals surface area contributed by atoms with Crippen molar-refractivity contribution in [2.75, 3.05) is 14.7 Å². The fourth-order valence-electron chi connectivity index (χ4n) is 34.6. The van der Waals surface area contributed by atoms with Gasteiger partial charge in [0.2, 0.25) is 0 Å². The number of halogens is 1. The van der Waals surface area contributed by atoms with E-state index < -0.39 is 0 Å². The molecule has 0 radical (unpaired) electrons.